The van der Waals surface area contributed by atoms with Crippen molar-refractivity contribution in [1.82, 2.24) is 0 Å². The molecule has 0 radical (unpaired) electrons. The van der Waals surface area contributed by atoms with E-state index < -0.39 is 0 Å². The molecule has 0 saturated carbocycles. The van der Waals surface area contributed by atoms with Gasteiger partial charge in [-0.05, 0) is 119 Å². The van der Waals surface area contributed by atoms with E-state index in [0.29, 0.717) is 0 Å². The van der Waals surface area contributed by atoms with Gasteiger partial charge in [0, 0.05) is 64.9 Å². The van der Waals surface area contributed by atoms with E-state index in [1.807, 2.05) is 17.4 Å². The van der Waals surface area contributed by atoms with E-state index in [-0.39, 0.29) is 5.41 Å². The van der Waals surface area contributed by atoms with Crippen LogP contribution in [0.2, 0.25) is 0 Å². The van der Waals surface area contributed by atoms with Gasteiger partial charge in [-0.3, -0.25) is 0 Å². The molecule has 0 fully saturated rings. The zero-order valence-electron chi connectivity index (χ0n) is 36.5. The molecule has 0 atom stereocenters. The van der Waals surface area contributed by atoms with Gasteiger partial charge in [-0.1, -0.05) is 172 Å². The largest absolute Gasteiger partial charge is 0.456 e. The Morgan fingerprint density at radius 1 is 0.348 bits per heavy atom. The number of anilines is 3. The van der Waals surface area contributed by atoms with E-state index in [1.165, 1.54) is 96.3 Å². The van der Waals surface area contributed by atoms with E-state index in [4.69, 9.17) is 4.42 Å². The molecule has 0 unspecified atom stereocenters. The fraction of sp³-hybridized carbons (Fsp3) is 0.0476. The van der Waals surface area contributed by atoms with Crippen molar-refractivity contribution in [3.8, 4) is 11.1 Å². The number of nitrogens with zero attached hydrogens (tertiary/aromatic N) is 1. The molecule has 11 aromatic carbocycles. The van der Waals surface area contributed by atoms with Gasteiger partial charge in [0.1, 0.15) is 11.2 Å². The molecule has 14 rings (SSSR count). The van der Waals surface area contributed by atoms with Crippen molar-refractivity contribution in [1.29, 1.82) is 0 Å². The molecule has 3 heteroatoms. The molecule has 0 spiro atoms. The molecular weight excluding hydrogens is 819 g/mol. The number of hydrogen-bond acceptors (Lipinski definition) is 3. The van der Waals surface area contributed by atoms with E-state index in [1.54, 1.807) is 0 Å². The van der Waals surface area contributed by atoms with Gasteiger partial charge < -0.3 is 9.32 Å². The van der Waals surface area contributed by atoms with Gasteiger partial charge in [0.2, 0.25) is 0 Å². The third kappa shape index (κ3) is 5.35. The quantitative estimate of drug-likeness (QED) is 0.176. The van der Waals surface area contributed by atoms with Gasteiger partial charge in [0.25, 0.3) is 0 Å². The summed E-state index contributed by atoms with van der Waals surface area (Å²) < 4.78 is 9.20. The molecule has 13 aromatic rings. The molecule has 0 saturated heterocycles. The summed E-state index contributed by atoms with van der Waals surface area (Å²) in [5.74, 6) is 0. The summed E-state index contributed by atoms with van der Waals surface area (Å²) in [5, 5.41) is 17.1. The first-order valence-corrected chi connectivity index (χ1v) is 23.6. The van der Waals surface area contributed by atoms with E-state index >= 15 is 0 Å². The first-order chi connectivity index (χ1) is 32.5. The van der Waals surface area contributed by atoms with Crippen LogP contribution < -0.4 is 4.90 Å². The van der Waals surface area contributed by atoms with Gasteiger partial charge in [-0.2, -0.15) is 0 Å². The van der Waals surface area contributed by atoms with Crippen LogP contribution in [0, 0.1) is 0 Å². The van der Waals surface area contributed by atoms with Crippen LogP contribution in [-0.4, -0.2) is 0 Å². The lowest BCUT2D eigenvalue weighted by Gasteiger charge is -2.28. The van der Waals surface area contributed by atoms with Gasteiger partial charge in [-0.15, -0.1) is 11.3 Å². The van der Waals surface area contributed by atoms with Crippen LogP contribution >= 0.6 is 11.3 Å². The van der Waals surface area contributed by atoms with E-state index in [2.05, 4.69) is 225 Å². The van der Waals surface area contributed by atoms with Crippen LogP contribution in [0.3, 0.4) is 0 Å². The number of benzene rings is 10. The SMILES string of the molecule is CC1(C)c2ccccc2-c2ccc(N(c3ccc4c(c3)oc3ccccc34)c3ccc4c(c3)c3ccccc3c3ccccc3c3ccccc3c3c4ccc4c5ccccc5sc43)cc21. The highest BCUT2D eigenvalue weighted by atomic mass is 32.1. The van der Waals surface area contributed by atoms with Crippen molar-refractivity contribution in [2.75, 3.05) is 4.90 Å². The molecule has 2 nitrogen and oxygen atoms in total. The Kier molecular flexibility index (Phi) is 7.94. The molecule has 2 aromatic heterocycles. The molecule has 0 aliphatic heterocycles. The second kappa shape index (κ2) is 14.0. The van der Waals surface area contributed by atoms with Crippen LogP contribution in [0.5, 0.6) is 0 Å². The third-order valence-corrected chi connectivity index (χ3v) is 15.7. The Balaban J connectivity index is 1.14. The first kappa shape index (κ1) is 37.4. The number of hydrogen-bond donors (Lipinski definition) is 0. The minimum Gasteiger partial charge on any atom is -0.456 e. The number of furan rings is 1. The van der Waals surface area contributed by atoms with Crippen LogP contribution in [0.1, 0.15) is 25.0 Å². The number of thiophene rings is 1. The standard InChI is InChI=1S/C63H41NOS/c1-63(2)56-24-12-9-20-47(56)48-31-28-39(36-57(48)63)64(40-29-32-50-49-21-10-13-25-58(49)65-59(50)37-40)38-27-30-46-53-33-34-54-51-22-11-14-26-60(51)66-62(54)61(53)52-23-8-7-18-44(52)42-16-4-3-15-41(42)43-17-5-6-19-45(43)55(46)35-38/h3-37H,1-2H3. The Hall–Kier alpha value is -7.98. The van der Waals surface area contributed by atoms with Crippen molar-refractivity contribution < 1.29 is 4.42 Å². The molecule has 0 N–H and O–H groups in total. The first-order valence-electron chi connectivity index (χ1n) is 22.8. The van der Waals surface area contributed by atoms with Gasteiger partial charge >= 0.3 is 0 Å². The Morgan fingerprint density at radius 2 is 0.818 bits per heavy atom. The van der Waals surface area contributed by atoms with Crippen molar-refractivity contribution in [3.63, 3.8) is 0 Å². The summed E-state index contributed by atoms with van der Waals surface area (Å²) in [7, 11) is 0. The van der Waals surface area contributed by atoms with Crippen LogP contribution in [0.25, 0.3) is 107 Å². The molecule has 310 valence electrons. The second-order valence-corrected chi connectivity index (χ2v) is 19.4. The summed E-state index contributed by atoms with van der Waals surface area (Å²) in [4.78, 5) is 2.44. The predicted molar refractivity (Wildman–Crippen MR) is 284 cm³/mol. The maximum Gasteiger partial charge on any atom is 0.137 e. The summed E-state index contributed by atoms with van der Waals surface area (Å²) in [6.45, 7) is 4.72. The summed E-state index contributed by atoms with van der Waals surface area (Å²) in [5.41, 5.74) is 10.1. The molecule has 0 amide bonds. The highest BCUT2D eigenvalue weighted by molar-refractivity contribution is 7.26. The van der Waals surface area contributed by atoms with Gasteiger partial charge in [0.05, 0.1) is 0 Å². The van der Waals surface area contributed by atoms with E-state index in [0.717, 1.165) is 39.0 Å². The lowest BCUT2D eigenvalue weighted by molar-refractivity contribution is 0.660. The Morgan fingerprint density at radius 3 is 1.58 bits per heavy atom. The molecule has 66 heavy (non-hydrogen) atoms. The third-order valence-electron chi connectivity index (χ3n) is 14.5. The molecule has 1 aliphatic rings. The second-order valence-electron chi connectivity index (χ2n) is 18.3. The van der Waals surface area contributed by atoms with Crippen LogP contribution in [-0.2, 0) is 5.41 Å². The number of fused-ring (bicyclic) bond motifs is 20. The minimum absolute atomic E-state index is 0.163. The maximum absolute atomic E-state index is 6.59. The smallest absolute Gasteiger partial charge is 0.137 e. The average Bonchev–Trinajstić information content (AvgIpc) is 4.01. The molecule has 0 bridgehead atoms. The highest BCUT2D eigenvalue weighted by Crippen LogP contribution is 2.52. The Labute approximate surface area is 385 Å². The fourth-order valence-corrected chi connectivity index (χ4v) is 12.6. The lowest BCUT2D eigenvalue weighted by Crippen LogP contribution is -2.16. The zero-order valence-corrected chi connectivity index (χ0v) is 37.3. The Bertz CT molecular complexity index is 4280. The fourth-order valence-electron chi connectivity index (χ4n) is 11.4. The topological polar surface area (TPSA) is 16.4 Å². The number of rotatable bonds is 3. The van der Waals surface area contributed by atoms with Crippen molar-refractivity contribution in [3.05, 3.63) is 223 Å². The lowest BCUT2D eigenvalue weighted by atomic mass is 9.82. The van der Waals surface area contributed by atoms with Crippen LogP contribution in [0.4, 0.5) is 17.1 Å². The average molecular weight is 860 g/mol. The molecule has 2 heterocycles. The summed E-state index contributed by atoms with van der Waals surface area (Å²) in [6.07, 6.45) is 0. The summed E-state index contributed by atoms with van der Waals surface area (Å²) in [6, 6.07) is 78.8. The normalized spacial score (nSPS) is 13.1. The molecule has 1 aliphatic carbocycles. The van der Waals surface area contributed by atoms with Gasteiger partial charge in [0.15, 0.2) is 0 Å². The van der Waals surface area contributed by atoms with E-state index in [9.17, 15) is 0 Å². The number of para-hydroxylation sites is 1. The predicted octanol–water partition coefficient (Wildman–Crippen LogP) is 18.6. The van der Waals surface area contributed by atoms with Crippen molar-refractivity contribution >= 4 is 124 Å². The maximum atomic E-state index is 6.59. The summed E-state index contributed by atoms with van der Waals surface area (Å²) >= 11 is 1.90. The van der Waals surface area contributed by atoms with Crippen molar-refractivity contribution in [2.24, 2.45) is 0 Å². The van der Waals surface area contributed by atoms with Gasteiger partial charge in [-0.25, -0.2) is 0 Å². The minimum atomic E-state index is -0.163. The highest BCUT2D eigenvalue weighted by Gasteiger charge is 2.36. The zero-order chi connectivity index (χ0) is 43.7. The monoisotopic (exact) mass is 859 g/mol. The molecular formula is C63H41NOS. The van der Waals surface area contributed by atoms with Crippen LogP contribution in [0.15, 0.2) is 217 Å². The van der Waals surface area contributed by atoms with Crippen molar-refractivity contribution in [2.45, 2.75) is 19.3 Å².